The quantitative estimate of drug-likeness (QED) is 0.355. The van der Waals surface area contributed by atoms with Crippen molar-refractivity contribution in [2.75, 3.05) is 25.1 Å². The largest absolute Gasteiger partial charge is 0.396 e. The van der Waals surface area contributed by atoms with Crippen LogP contribution in [-0.4, -0.2) is 41.2 Å². The van der Waals surface area contributed by atoms with E-state index in [-0.39, 0.29) is 18.4 Å². The average Bonchev–Trinajstić information content (AvgIpc) is 2.92. The van der Waals surface area contributed by atoms with Crippen LogP contribution in [0.15, 0.2) is 97.2 Å². The molecule has 2 N–H and O–H groups in total. The first-order valence-corrected chi connectivity index (χ1v) is 11.8. The number of aliphatic hydroxyl groups is 1. The minimum atomic E-state index is -0.231. The number of hydrogen-bond donors (Lipinski definition) is 2. The van der Waals surface area contributed by atoms with Crippen LogP contribution in [0.1, 0.15) is 33.8 Å². The standard InChI is InChI=1S/C29H30N4O2/c1-33(20-22-11-5-2-6-12-22)29-31-19-26(27(32-29)24-15-9-4-10-16-24)28(35)30-18-17-25(21-34)23-13-7-3-8-14-23/h2-16,19,25,34H,17-18,20-21H2,1H3,(H,30,35). The van der Waals surface area contributed by atoms with Crippen LogP contribution in [0.2, 0.25) is 0 Å². The lowest BCUT2D eigenvalue weighted by Crippen LogP contribution is -2.28. The van der Waals surface area contributed by atoms with Gasteiger partial charge < -0.3 is 15.3 Å². The van der Waals surface area contributed by atoms with Crippen molar-refractivity contribution >= 4 is 11.9 Å². The Morgan fingerprint density at radius 1 is 0.943 bits per heavy atom. The van der Waals surface area contributed by atoms with Crippen LogP contribution < -0.4 is 10.2 Å². The molecule has 0 bridgehead atoms. The number of aromatic nitrogens is 2. The van der Waals surface area contributed by atoms with Crippen molar-refractivity contribution in [2.24, 2.45) is 0 Å². The van der Waals surface area contributed by atoms with Gasteiger partial charge in [-0.1, -0.05) is 91.0 Å². The van der Waals surface area contributed by atoms with Gasteiger partial charge in [-0.15, -0.1) is 0 Å². The predicted molar refractivity (Wildman–Crippen MR) is 139 cm³/mol. The number of carbonyl (C=O) groups excluding carboxylic acids is 1. The summed E-state index contributed by atoms with van der Waals surface area (Å²) in [7, 11) is 1.94. The van der Waals surface area contributed by atoms with Gasteiger partial charge in [-0.05, 0) is 17.5 Å². The number of anilines is 1. The van der Waals surface area contributed by atoms with Gasteiger partial charge in [-0.2, -0.15) is 0 Å². The Morgan fingerprint density at radius 3 is 2.23 bits per heavy atom. The van der Waals surface area contributed by atoms with Crippen LogP contribution in [0.5, 0.6) is 0 Å². The van der Waals surface area contributed by atoms with E-state index in [1.807, 2.05) is 90.8 Å². The zero-order chi connectivity index (χ0) is 24.5. The maximum Gasteiger partial charge on any atom is 0.255 e. The fourth-order valence-corrected chi connectivity index (χ4v) is 4.01. The molecule has 178 valence electrons. The number of hydrogen-bond acceptors (Lipinski definition) is 5. The first kappa shape index (κ1) is 24.1. The summed E-state index contributed by atoms with van der Waals surface area (Å²) in [4.78, 5) is 24.4. The second-order valence-electron chi connectivity index (χ2n) is 8.47. The van der Waals surface area contributed by atoms with Crippen LogP contribution in [-0.2, 0) is 6.54 Å². The van der Waals surface area contributed by atoms with Crippen LogP contribution in [0.4, 0.5) is 5.95 Å². The van der Waals surface area contributed by atoms with Gasteiger partial charge in [0.15, 0.2) is 0 Å². The fourth-order valence-electron chi connectivity index (χ4n) is 4.01. The molecule has 0 fully saturated rings. The van der Waals surface area contributed by atoms with Gasteiger partial charge in [0.05, 0.1) is 11.3 Å². The Bertz CT molecular complexity index is 1220. The molecule has 6 nitrogen and oxygen atoms in total. The molecule has 1 amide bonds. The monoisotopic (exact) mass is 466 g/mol. The lowest BCUT2D eigenvalue weighted by atomic mass is 9.96. The SMILES string of the molecule is CN(Cc1ccccc1)c1ncc(C(=O)NCCC(CO)c2ccccc2)c(-c2ccccc2)n1. The summed E-state index contributed by atoms with van der Waals surface area (Å²) < 4.78 is 0. The Hall–Kier alpha value is -4.03. The maximum absolute atomic E-state index is 13.2. The second kappa shape index (κ2) is 11.9. The molecule has 6 heteroatoms. The second-order valence-corrected chi connectivity index (χ2v) is 8.47. The molecule has 0 aliphatic rings. The van der Waals surface area contributed by atoms with Gasteiger partial charge in [0, 0.05) is 44.4 Å². The van der Waals surface area contributed by atoms with Crippen molar-refractivity contribution in [3.63, 3.8) is 0 Å². The molecule has 0 aliphatic heterocycles. The molecular formula is C29H30N4O2. The number of amides is 1. The zero-order valence-electron chi connectivity index (χ0n) is 19.8. The summed E-state index contributed by atoms with van der Waals surface area (Å²) in [5.74, 6) is 0.287. The number of benzene rings is 3. The Morgan fingerprint density at radius 2 is 1.57 bits per heavy atom. The Kier molecular flexibility index (Phi) is 8.20. The number of aliphatic hydroxyl groups excluding tert-OH is 1. The number of rotatable bonds is 10. The summed E-state index contributed by atoms with van der Waals surface area (Å²) >= 11 is 0. The van der Waals surface area contributed by atoms with Gasteiger partial charge >= 0.3 is 0 Å². The summed E-state index contributed by atoms with van der Waals surface area (Å²) in [5, 5.41) is 12.8. The van der Waals surface area contributed by atoms with Crippen LogP contribution >= 0.6 is 0 Å². The van der Waals surface area contributed by atoms with Gasteiger partial charge in [-0.3, -0.25) is 4.79 Å². The molecule has 0 spiro atoms. The lowest BCUT2D eigenvalue weighted by molar-refractivity contribution is 0.0951. The lowest BCUT2D eigenvalue weighted by Gasteiger charge is -2.19. The number of carbonyl (C=O) groups is 1. The van der Waals surface area contributed by atoms with Crippen LogP contribution in [0.3, 0.4) is 0 Å². The number of nitrogens with zero attached hydrogens (tertiary/aromatic N) is 3. The third-order valence-electron chi connectivity index (χ3n) is 5.94. The van der Waals surface area contributed by atoms with Crippen molar-refractivity contribution in [1.29, 1.82) is 0 Å². The molecule has 3 aromatic carbocycles. The molecule has 0 saturated heterocycles. The van der Waals surface area contributed by atoms with Gasteiger partial charge in [0.2, 0.25) is 5.95 Å². The van der Waals surface area contributed by atoms with E-state index in [2.05, 4.69) is 22.4 Å². The van der Waals surface area contributed by atoms with E-state index in [9.17, 15) is 9.90 Å². The molecule has 1 atom stereocenters. The van der Waals surface area contributed by atoms with Crippen molar-refractivity contribution < 1.29 is 9.90 Å². The molecule has 0 radical (unpaired) electrons. The smallest absolute Gasteiger partial charge is 0.255 e. The van der Waals surface area contributed by atoms with E-state index in [1.54, 1.807) is 6.20 Å². The molecule has 1 unspecified atom stereocenters. The van der Waals surface area contributed by atoms with Crippen molar-refractivity contribution in [2.45, 2.75) is 18.9 Å². The third-order valence-corrected chi connectivity index (χ3v) is 5.94. The molecule has 4 aromatic rings. The topological polar surface area (TPSA) is 78.4 Å². The minimum absolute atomic E-state index is 0.0285. The van der Waals surface area contributed by atoms with Gasteiger partial charge in [-0.25, -0.2) is 9.97 Å². The highest BCUT2D eigenvalue weighted by atomic mass is 16.3. The van der Waals surface area contributed by atoms with Crippen LogP contribution in [0, 0.1) is 0 Å². The van der Waals surface area contributed by atoms with Crippen molar-refractivity contribution in [1.82, 2.24) is 15.3 Å². The third kappa shape index (κ3) is 6.31. The van der Waals surface area contributed by atoms with E-state index < -0.39 is 0 Å². The molecular weight excluding hydrogens is 436 g/mol. The van der Waals surface area contributed by atoms with E-state index in [0.29, 0.717) is 36.7 Å². The maximum atomic E-state index is 13.2. The van der Waals surface area contributed by atoms with E-state index in [4.69, 9.17) is 4.98 Å². The highest BCUT2D eigenvalue weighted by Crippen LogP contribution is 2.24. The normalized spacial score (nSPS) is 11.6. The van der Waals surface area contributed by atoms with E-state index in [0.717, 1.165) is 16.7 Å². The molecule has 0 saturated carbocycles. The minimum Gasteiger partial charge on any atom is -0.396 e. The Labute approximate surface area is 206 Å². The molecule has 35 heavy (non-hydrogen) atoms. The van der Waals surface area contributed by atoms with Crippen molar-refractivity contribution in [3.8, 4) is 11.3 Å². The molecule has 4 rings (SSSR count). The Balaban J connectivity index is 1.51. The fraction of sp³-hybridized carbons (Fsp3) is 0.207. The highest BCUT2D eigenvalue weighted by Gasteiger charge is 2.18. The van der Waals surface area contributed by atoms with Crippen LogP contribution in [0.25, 0.3) is 11.3 Å². The molecule has 1 aromatic heterocycles. The van der Waals surface area contributed by atoms with Crippen molar-refractivity contribution in [3.05, 3.63) is 114 Å². The van der Waals surface area contributed by atoms with Gasteiger partial charge in [0.25, 0.3) is 5.91 Å². The first-order chi connectivity index (χ1) is 17.2. The highest BCUT2D eigenvalue weighted by molar-refractivity contribution is 5.99. The first-order valence-electron chi connectivity index (χ1n) is 11.8. The summed E-state index contributed by atoms with van der Waals surface area (Å²) in [6, 6.07) is 29.6. The average molecular weight is 467 g/mol. The predicted octanol–water partition coefficient (Wildman–Crippen LogP) is 4.68. The summed E-state index contributed by atoms with van der Waals surface area (Å²) in [5.41, 5.74) is 4.08. The van der Waals surface area contributed by atoms with E-state index >= 15 is 0 Å². The zero-order valence-corrected chi connectivity index (χ0v) is 19.8. The number of nitrogens with one attached hydrogen (secondary N) is 1. The van der Waals surface area contributed by atoms with E-state index in [1.165, 1.54) is 0 Å². The van der Waals surface area contributed by atoms with Gasteiger partial charge in [0.1, 0.15) is 0 Å². The summed E-state index contributed by atoms with van der Waals surface area (Å²) in [6.07, 6.45) is 2.23. The molecule has 1 heterocycles. The summed E-state index contributed by atoms with van der Waals surface area (Å²) in [6.45, 7) is 1.12. The molecule has 0 aliphatic carbocycles.